The third-order valence-electron chi connectivity index (χ3n) is 5.34. The van der Waals surface area contributed by atoms with Gasteiger partial charge in [-0.2, -0.15) is 0 Å². The van der Waals surface area contributed by atoms with Gasteiger partial charge in [-0.15, -0.1) is 0 Å². The maximum atomic E-state index is 13.4. The number of benzene rings is 2. The van der Waals surface area contributed by atoms with Crippen molar-refractivity contribution in [1.82, 2.24) is 19.5 Å². The van der Waals surface area contributed by atoms with Crippen LogP contribution in [-0.2, 0) is 6.61 Å². The molecule has 5 aromatic rings. The first-order valence-corrected chi connectivity index (χ1v) is 10.7. The van der Waals surface area contributed by atoms with Crippen molar-refractivity contribution in [3.63, 3.8) is 0 Å². The molecule has 7 nitrogen and oxygen atoms in total. The highest BCUT2D eigenvalue weighted by Crippen LogP contribution is 2.34. The molecule has 0 amide bonds. The number of nitrogens with zero attached hydrogens (tertiary/aromatic N) is 3. The molecule has 33 heavy (non-hydrogen) atoms. The molecule has 0 saturated carbocycles. The first kappa shape index (κ1) is 20.5. The van der Waals surface area contributed by atoms with Gasteiger partial charge in [-0.1, -0.05) is 18.2 Å². The quantitative estimate of drug-likeness (QED) is 0.346. The Morgan fingerprint density at radius 2 is 1.88 bits per heavy atom. The number of rotatable bonds is 8. The summed E-state index contributed by atoms with van der Waals surface area (Å²) in [5.74, 6) is 0.825. The summed E-state index contributed by atoms with van der Waals surface area (Å²) in [4.78, 5) is 24.8. The average Bonchev–Trinajstić information content (AvgIpc) is 3.54. The van der Waals surface area contributed by atoms with E-state index < -0.39 is 0 Å². The van der Waals surface area contributed by atoms with Crippen LogP contribution in [0.4, 0.5) is 0 Å². The minimum atomic E-state index is -0.146. The number of nitrogens with one attached hydrogen (secondary N) is 1. The van der Waals surface area contributed by atoms with E-state index in [9.17, 15) is 4.79 Å². The molecule has 0 atom stereocenters. The zero-order valence-electron chi connectivity index (χ0n) is 18.1. The van der Waals surface area contributed by atoms with Crippen LogP contribution in [-0.4, -0.2) is 31.9 Å². The number of fused-ring (bicyclic) bond motifs is 1. The smallest absolute Gasteiger partial charge is 0.199 e. The molecule has 0 unspecified atom stereocenters. The van der Waals surface area contributed by atoms with E-state index in [4.69, 9.17) is 9.47 Å². The van der Waals surface area contributed by atoms with Crippen LogP contribution >= 0.6 is 0 Å². The van der Waals surface area contributed by atoms with Gasteiger partial charge in [0.25, 0.3) is 0 Å². The monoisotopic (exact) mass is 438 g/mol. The molecule has 0 spiro atoms. The normalized spacial score (nSPS) is 10.9. The number of carbonyl (C=O) groups is 1. The van der Waals surface area contributed by atoms with E-state index in [1.165, 1.54) is 0 Å². The summed E-state index contributed by atoms with van der Waals surface area (Å²) in [6.45, 7) is 2.64. The van der Waals surface area contributed by atoms with E-state index in [1.54, 1.807) is 37.1 Å². The standard InChI is InChI=1S/C26H22N4O3/c1-2-32-25-21(24(31)22-15-29-26-20(22)6-4-12-28-26)5-3-7-23(25)33-16-18-8-10-19(11-9-18)30-14-13-27-17-30/h3-15,17H,2,16H2,1H3,(H,28,29). The molecule has 0 saturated heterocycles. The molecule has 0 radical (unpaired) electrons. The molecule has 5 rings (SSSR count). The molecule has 7 heteroatoms. The van der Waals surface area contributed by atoms with Gasteiger partial charge in [0.2, 0.25) is 0 Å². The van der Waals surface area contributed by atoms with E-state index in [0.29, 0.717) is 41.5 Å². The van der Waals surface area contributed by atoms with Crippen LogP contribution in [0.2, 0.25) is 0 Å². The van der Waals surface area contributed by atoms with Gasteiger partial charge in [-0.05, 0) is 48.9 Å². The Morgan fingerprint density at radius 1 is 1.00 bits per heavy atom. The number of aromatic amines is 1. The molecular formula is C26H22N4O3. The highest BCUT2D eigenvalue weighted by atomic mass is 16.5. The fourth-order valence-electron chi connectivity index (χ4n) is 3.73. The Labute approximate surface area is 190 Å². The van der Waals surface area contributed by atoms with Gasteiger partial charge >= 0.3 is 0 Å². The fraction of sp³-hybridized carbons (Fsp3) is 0.115. The molecule has 1 N–H and O–H groups in total. The Morgan fingerprint density at radius 3 is 2.67 bits per heavy atom. The van der Waals surface area contributed by atoms with Crippen LogP contribution in [0.1, 0.15) is 28.4 Å². The third-order valence-corrected chi connectivity index (χ3v) is 5.34. The van der Waals surface area contributed by atoms with Crippen molar-refractivity contribution in [1.29, 1.82) is 0 Å². The first-order valence-electron chi connectivity index (χ1n) is 10.7. The molecule has 3 aromatic heterocycles. The zero-order chi connectivity index (χ0) is 22.6. The maximum Gasteiger partial charge on any atom is 0.199 e. The van der Waals surface area contributed by atoms with Crippen molar-refractivity contribution in [2.24, 2.45) is 0 Å². The summed E-state index contributed by atoms with van der Waals surface area (Å²) in [7, 11) is 0. The second-order valence-corrected chi connectivity index (χ2v) is 7.42. The van der Waals surface area contributed by atoms with Crippen molar-refractivity contribution in [2.45, 2.75) is 13.5 Å². The highest BCUT2D eigenvalue weighted by Gasteiger charge is 2.21. The van der Waals surface area contributed by atoms with Crippen molar-refractivity contribution in [2.75, 3.05) is 6.61 Å². The fourth-order valence-corrected chi connectivity index (χ4v) is 3.73. The van der Waals surface area contributed by atoms with Crippen LogP contribution in [0, 0.1) is 0 Å². The number of imidazole rings is 1. The number of pyridine rings is 1. The Bertz CT molecular complexity index is 1390. The van der Waals surface area contributed by atoms with Gasteiger partial charge in [0.1, 0.15) is 12.3 Å². The number of para-hydroxylation sites is 1. The van der Waals surface area contributed by atoms with Crippen molar-refractivity contribution in [3.8, 4) is 17.2 Å². The summed E-state index contributed by atoms with van der Waals surface area (Å²) < 4.78 is 13.9. The SMILES string of the molecule is CCOc1c(OCc2ccc(-n3ccnc3)cc2)cccc1C(=O)c1c[nH]c2ncccc12. The molecule has 2 aromatic carbocycles. The summed E-state index contributed by atoms with van der Waals surface area (Å²) >= 11 is 0. The van der Waals surface area contributed by atoms with Crippen LogP contribution in [0.15, 0.2) is 85.7 Å². The summed E-state index contributed by atoms with van der Waals surface area (Å²) in [6.07, 6.45) is 8.77. The van der Waals surface area contributed by atoms with E-state index in [0.717, 1.165) is 16.6 Å². The molecule has 164 valence electrons. The number of hydrogen-bond donors (Lipinski definition) is 1. The number of H-pyrrole nitrogens is 1. The van der Waals surface area contributed by atoms with E-state index in [-0.39, 0.29) is 5.78 Å². The topological polar surface area (TPSA) is 82.0 Å². The van der Waals surface area contributed by atoms with Crippen LogP contribution < -0.4 is 9.47 Å². The largest absolute Gasteiger partial charge is 0.489 e. The van der Waals surface area contributed by atoms with Crippen LogP contribution in [0.25, 0.3) is 16.7 Å². The second kappa shape index (κ2) is 9.00. The molecule has 0 aliphatic rings. The lowest BCUT2D eigenvalue weighted by molar-refractivity contribution is 0.103. The van der Waals surface area contributed by atoms with E-state index in [2.05, 4.69) is 15.0 Å². The van der Waals surface area contributed by atoms with Gasteiger partial charge in [0.15, 0.2) is 17.3 Å². The number of carbonyl (C=O) groups excluding carboxylic acids is 1. The minimum Gasteiger partial charge on any atom is -0.489 e. The highest BCUT2D eigenvalue weighted by molar-refractivity contribution is 6.17. The Hall–Kier alpha value is -4.39. The molecule has 0 fully saturated rings. The van der Waals surface area contributed by atoms with Gasteiger partial charge < -0.3 is 19.0 Å². The van der Waals surface area contributed by atoms with Crippen molar-refractivity contribution >= 4 is 16.8 Å². The lowest BCUT2D eigenvalue weighted by Gasteiger charge is -2.15. The van der Waals surface area contributed by atoms with Gasteiger partial charge in [0.05, 0.1) is 18.5 Å². The first-order chi connectivity index (χ1) is 16.2. The number of ether oxygens (including phenoxy) is 2. The van der Waals surface area contributed by atoms with Crippen molar-refractivity contribution < 1.29 is 14.3 Å². The van der Waals surface area contributed by atoms with Crippen molar-refractivity contribution in [3.05, 3.63) is 102 Å². The predicted molar refractivity (Wildman–Crippen MR) is 125 cm³/mol. The van der Waals surface area contributed by atoms with Crippen LogP contribution in [0.5, 0.6) is 11.5 Å². The van der Waals surface area contributed by atoms with Crippen LogP contribution in [0.3, 0.4) is 0 Å². The zero-order valence-corrected chi connectivity index (χ0v) is 18.1. The number of aromatic nitrogens is 4. The maximum absolute atomic E-state index is 13.4. The molecule has 3 heterocycles. The third kappa shape index (κ3) is 4.08. The number of hydrogen-bond acceptors (Lipinski definition) is 5. The Balaban J connectivity index is 1.40. The van der Waals surface area contributed by atoms with E-state index >= 15 is 0 Å². The van der Waals surface area contributed by atoms with Gasteiger partial charge in [-0.3, -0.25) is 4.79 Å². The molecule has 0 aliphatic heterocycles. The predicted octanol–water partition coefficient (Wildman–Crippen LogP) is 4.96. The van der Waals surface area contributed by atoms with Gasteiger partial charge in [0, 0.05) is 41.4 Å². The lowest BCUT2D eigenvalue weighted by atomic mass is 10.0. The molecule has 0 aliphatic carbocycles. The number of ketones is 1. The second-order valence-electron chi connectivity index (χ2n) is 7.42. The van der Waals surface area contributed by atoms with Gasteiger partial charge in [-0.25, -0.2) is 9.97 Å². The molecular weight excluding hydrogens is 416 g/mol. The van der Waals surface area contributed by atoms with E-state index in [1.807, 2.05) is 60.2 Å². The summed E-state index contributed by atoms with van der Waals surface area (Å²) in [6, 6.07) is 17.1. The summed E-state index contributed by atoms with van der Waals surface area (Å²) in [5, 5.41) is 0.772. The lowest BCUT2D eigenvalue weighted by Crippen LogP contribution is -2.07. The minimum absolute atomic E-state index is 0.146. The Kier molecular flexibility index (Phi) is 5.59. The summed E-state index contributed by atoms with van der Waals surface area (Å²) in [5.41, 5.74) is 3.69. The average molecular weight is 438 g/mol. The molecule has 0 bridgehead atoms.